The van der Waals surface area contributed by atoms with Gasteiger partial charge < -0.3 is 19.2 Å². The quantitative estimate of drug-likeness (QED) is 0.874. The van der Waals surface area contributed by atoms with Crippen LogP contribution in [0.5, 0.6) is 11.5 Å². The van der Waals surface area contributed by atoms with Crippen LogP contribution in [0.25, 0.3) is 0 Å². The van der Waals surface area contributed by atoms with Crippen LogP contribution < -0.4 is 14.8 Å². The summed E-state index contributed by atoms with van der Waals surface area (Å²) in [6.07, 6.45) is 0. The van der Waals surface area contributed by atoms with E-state index in [1.165, 1.54) is 0 Å². The number of methoxy groups -OCH3 is 1. The molecule has 0 aliphatic rings. The van der Waals surface area contributed by atoms with Gasteiger partial charge in [0.2, 0.25) is 5.76 Å². The van der Waals surface area contributed by atoms with Crippen LogP contribution in [0, 0.1) is 11.3 Å². The largest absolute Gasteiger partial charge is 0.493 e. The zero-order chi connectivity index (χ0) is 14.4. The summed E-state index contributed by atoms with van der Waals surface area (Å²) in [4.78, 5) is 0. The molecule has 0 amide bonds. The van der Waals surface area contributed by atoms with Crippen molar-refractivity contribution in [2.75, 3.05) is 19.0 Å². The van der Waals surface area contributed by atoms with E-state index in [1.54, 1.807) is 19.2 Å². The molecule has 1 aromatic carbocycles. The number of nitriles is 1. The first-order valence-electron chi connectivity index (χ1n) is 6.30. The molecule has 5 nitrogen and oxygen atoms in total. The summed E-state index contributed by atoms with van der Waals surface area (Å²) in [6.45, 7) is 2.99. The highest BCUT2D eigenvalue weighted by Crippen LogP contribution is 2.30. The Bertz CT molecular complexity index is 614. The maximum atomic E-state index is 8.69. The predicted octanol–water partition coefficient (Wildman–Crippen LogP) is 3.17. The molecule has 0 atom stereocenters. The van der Waals surface area contributed by atoms with Gasteiger partial charge in [-0.3, -0.25) is 0 Å². The van der Waals surface area contributed by atoms with E-state index < -0.39 is 0 Å². The lowest BCUT2D eigenvalue weighted by Gasteiger charge is -2.11. The van der Waals surface area contributed by atoms with Gasteiger partial charge in [0.15, 0.2) is 11.5 Å². The topological polar surface area (TPSA) is 67.4 Å². The molecular formula is C15H16N2O3. The first kappa shape index (κ1) is 13.8. The molecular weight excluding hydrogens is 256 g/mol. The monoisotopic (exact) mass is 272 g/mol. The summed E-state index contributed by atoms with van der Waals surface area (Å²) in [5.74, 6) is 2.40. The zero-order valence-electron chi connectivity index (χ0n) is 11.5. The van der Waals surface area contributed by atoms with Crippen LogP contribution in [0.15, 0.2) is 34.7 Å². The molecule has 0 bridgehead atoms. The highest BCUT2D eigenvalue weighted by molar-refractivity contribution is 5.54. The zero-order valence-corrected chi connectivity index (χ0v) is 11.5. The van der Waals surface area contributed by atoms with Crippen molar-refractivity contribution in [3.05, 3.63) is 41.9 Å². The van der Waals surface area contributed by atoms with E-state index in [0.29, 0.717) is 36.2 Å². The smallest absolute Gasteiger partial charge is 0.203 e. The normalized spacial score (nSPS) is 9.85. The first-order valence-corrected chi connectivity index (χ1v) is 6.30. The summed E-state index contributed by atoms with van der Waals surface area (Å²) in [5.41, 5.74) is 0.893. The second-order valence-corrected chi connectivity index (χ2v) is 4.03. The number of hydrogen-bond acceptors (Lipinski definition) is 5. The lowest BCUT2D eigenvalue weighted by Crippen LogP contribution is -2.00. The molecule has 0 fully saturated rings. The summed E-state index contributed by atoms with van der Waals surface area (Å²) < 4.78 is 16.0. The van der Waals surface area contributed by atoms with E-state index in [-0.39, 0.29) is 0 Å². The number of rotatable bonds is 6. The molecule has 2 aromatic rings. The van der Waals surface area contributed by atoms with E-state index in [4.69, 9.17) is 19.2 Å². The molecule has 0 spiro atoms. The van der Waals surface area contributed by atoms with Crippen LogP contribution in [0.1, 0.15) is 18.4 Å². The van der Waals surface area contributed by atoms with Gasteiger partial charge in [-0.15, -0.1) is 0 Å². The van der Waals surface area contributed by atoms with E-state index in [1.807, 2.05) is 31.2 Å². The Kier molecular flexibility index (Phi) is 4.51. The van der Waals surface area contributed by atoms with Crippen molar-refractivity contribution in [2.45, 2.75) is 13.5 Å². The minimum absolute atomic E-state index is 0.312. The average Bonchev–Trinajstić information content (AvgIpc) is 2.94. The van der Waals surface area contributed by atoms with Crippen LogP contribution >= 0.6 is 0 Å². The molecule has 0 saturated heterocycles. The van der Waals surface area contributed by atoms with Crippen molar-refractivity contribution in [1.82, 2.24) is 0 Å². The molecule has 0 unspecified atom stereocenters. The highest BCUT2D eigenvalue weighted by Gasteiger charge is 2.06. The van der Waals surface area contributed by atoms with Crippen LogP contribution in [0.4, 0.5) is 5.69 Å². The molecule has 5 heteroatoms. The van der Waals surface area contributed by atoms with Gasteiger partial charge in [0.25, 0.3) is 0 Å². The summed E-state index contributed by atoms with van der Waals surface area (Å²) >= 11 is 0. The third-order valence-corrected chi connectivity index (χ3v) is 2.70. The lowest BCUT2D eigenvalue weighted by atomic mass is 10.2. The Balaban J connectivity index is 2.05. The molecule has 104 valence electrons. The van der Waals surface area contributed by atoms with Crippen molar-refractivity contribution >= 4 is 5.69 Å². The van der Waals surface area contributed by atoms with Gasteiger partial charge in [0, 0.05) is 11.8 Å². The number of anilines is 1. The van der Waals surface area contributed by atoms with Crippen molar-refractivity contribution in [1.29, 1.82) is 5.26 Å². The van der Waals surface area contributed by atoms with Crippen molar-refractivity contribution in [3.63, 3.8) is 0 Å². The number of nitrogens with one attached hydrogen (secondary N) is 1. The van der Waals surface area contributed by atoms with Gasteiger partial charge in [0.05, 0.1) is 20.3 Å². The van der Waals surface area contributed by atoms with Crippen LogP contribution in [-0.4, -0.2) is 13.7 Å². The maximum Gasteiger partial charge on any atom is 0.203 e. The lowest BCUT2D eigenvalue weighted by molar-refractivity contribution is 0.311. The minimum Gasteiger partial charge on any atom is -0.493 e. The molecule has 1 N–H and O–H groups in total. The summed E-state index contributed by atoms with van der Waals surface area (Å²) in [5, 5.41) is 11.9. The van der Waals surface area contributed by atoms with Crippen LogP contribution in [0.2, 0.25) is 0 Å². The number of ether oxygens (including phenoxy) is 2. The average molecular weight is 272 g/mol. The fourth-order valence-electron chi connectivity index (χ4n) is 1.78. The molecule has 0 aliphatic carbocycles. The van der Waals surface area contributed by atoms with Crippen molar-refractivity contribution < 1.29 is 13.9 Å². The highest BCUT2D eigenvalue weighted by atomic mass is 16.5. The minimum atomic E-state index is 0.312. The Labute approximate surface area is 117 Å². The van der Waals surface area contributed by atoms with Gasteiger partial charge in [-0.1, -0.05) is 0 Å². The van der Waals surface area contributed by atoms with Gasteiger partial charge in [-0.05, 0) is 31.2 Å². The third-order valence-electron chi connectivity index (χ3n) is 2.70. The Morgan fingerprint density at radius 1 is 1.25 bits per heavy atom. The molecule has 0 saturated carbocycles. The second kappa shape index (κ2) is 6.53. The van der Waals surface area contributed by atoms with Crippen molar-refractivity contribution in [3.8, 4) is 17.6 Å². The number of benzene rings is 1. The number of furan rings is 1. The van der Waals surface area contributed by atoms with E-state index in [9.17, 15) is 0 Å². The van der Waals surface area contributed by atoms with E-state index in [2.05, 4.69) is 5.32 Å². The number of hydrogen-bond donors (Lipinski definition) is 1. The third kappa shape index (κ3) is 3.23. The van der Waals surface area contributed by atoms with Crippen molar-refractivity contribution in [2.24, 2.45) is 0 Å². The van der Waals surface area contributed by atoms with Crippen LogP contribution in [0.3, 0.4) is 0 Å². The molecule has 0 aliphatic heterocycles. The first-order chi connectivity index (χ1) is 9.76. The molecule has 0 radical (unpaired) electrons. The van der Waals surface area contributed by atoms with E-state index in [0.717, 1.165) is 5.69 Å². The summed E-state index contributed by atoms with van der Waals surface area (Å²) in [7, 11) is 1.61. The molecule has 1 heterocycles. The van der Waals surface area contributed by atoms with Gasteiger partial charge in [0.1, 0.15) is 11.8 Å². The maximum absolute atomic E-state index is 8.69. The Morgan fingerprint density at radius 2 is 2.10 bits per heavy atom. The van der Waals surface area contributed by atoms with Gasteiger partial charge in [-0.25, -0.2) is 0 Å². The second-order valence-electron chi connectivity index (χ2n) is 4.03. The fraction of sp³-hybridized carbons (Fsp3) is 0.267. The van der Waals surface area contributed by atoms with Gasteiger partial charge >= 0.3 is 0 Å². The Morgan fingerprint density at radius 3 is 2.75 bits per heavy atom. The number of nitrogens with zero attached hydrogens (tertiary/aromatic N) is 1. The van der Waals surface area contributed by atoms with Crippen LogP contribution in [-0.2, 0) is 6.54 Å². The standard InChI is InChI=1S/C15H16N2O3/c1-3-19-15-8-11(4-7-14(15)18-2)17-10-13-6-5-12(9-16)20-13/h4-8,17H,3,10H2,1-2H3. The molecule has 2 rings (SSSR count). The predicted molar refractivity (Wildman–Crippen MR) is 74.9 cm³/mol. The molecule has 20 heavy (non-hydrogen) atoms. The fourth-order valence-corrected chi connectivity index (χ4v) is 1.78. The van der Waals surface area contributed by atoms with E-state index >= 15 is 0 Å². The SMILES string of the molecule is CCOc1cc(NCc2ccc(C#N)o2)ccc1OC. The Hall–Kier alpha value is -2.61. The molecule has 1 aromatic heterocycles. The summed E-state index contributed by atoms with van der Waals surface area (Å²) in [6, 6.07) is 11.0. The van der Waals surface area contributed by atoms with Gasteiger partial charge in [-0.2, -0.15) is 5.26 Å².